The molecule has 2 heterocycles. The van der Waals surface area contributed by atoms with Crippen LogP contribution in [0.1, 0.15) is 33.7 Å². The van der Waals surface area contributed by atoms with Crippen molar-refractivity contribution >= 4 is 27.5 Å². The van der Waals surface area contributed by atoms with Crippen molar-refractivity contribution in [3.8, 4) is 0 Å². The molecule has 3 rings (SSSR count). The zero-order valence-corrected chi connectivity index (χ0v) is 13.6. The van der Waals surface area contributed by atoms with Crippen molar-refractivity contribution in [2.75, 3.05) is 11.4 Å². The topological polar surface area (TPSA) is 46.1 Å². The lowest BCUT2D eigenvalue weighted by atomic mass is 9.99. The number of benzene rings is 1. The number of carbonyl (C=O) groups is 1. The number of hydrogen-bond acceptors (Lipinski definition) is 3. The number of aryl methyl sites for hydroxylation is 3. The minimum Gasteiger partial charge on any atom is -0.306 e. The molecular weight excluding hydrogens is 330 g/mol. The second kappa shape index (κ2) is 5.56. The number of amides is 1. The van der Waals surface area contributed by atoms with E-state index in [9.17, 15) is 4.79 Å². The molecule has 0 fully saturated rings. The van der Waals surface area contributed by atoms with Crippen LogP contribution in [0.5, 0.6) is 0 Å². The molecule has 0 radical (unpaired) electrons. The third kappa shape index (κ3) is 2.58. The number of hydrogen-bond donors (Lipinski definition) is 0. The Bertz CT molecular complexity index is 715. The van der Waals surface area contributed by atoms with Crippen LogP contribution in [0.4, 0.5) is 5.69 Å². The van der Waals surface area contributed by atoms with Gasteiger partial charge in [-0.1, -0.05) is 12.1 Å². The molecule has 4 nitrogen and oxygen atoms in total. The highest BCUT2D eigenvalue weighted by Crippen LogP contribution is 2.37. The molecule has 108 valence electrons. The molecule has 1 aromatic carbocycles. The standard InChI is InChI=1S/C16H16BrN3O/c1-10-5-6-12-4-3-7-20(15(12)14(10)17)16(21)13-8-11(2)18-9-19-13/h5-6,8-9H,3-4,7H2,1-2H3. The lowest BCUT2D eigenvalue weighted by Gasteiger charge is -2.31. The Hall–Kier alpha value is -1.75. The molecule has 1 aromatic heterocycles. The summed E-state index contributed by atoms with van der Waals surface area (Å²) in [6.45, 7) is 4.62. The van der Waals surface area contributed by atoms with Gasteiger partial charge in [-0.15, -0.1) is 0 Å². The predicted octanol–water partition coefficient (Wildman–Crippen LogP) is 3.45. The van der Waals surface area contributed by atoms with Gasteiger partial charge in [-0.3, -0.25) is 4.79 Å². The van der Waals surface area contributed by atoms with Crippen molar-refractivity contribution in [1.82, 2.24) is 9.97 Å². The minimum absolute atomic E-state index is 0.0623. The fourth-order valence-electron chi connectivity index (χ4n) is 2.65. The summed E-state index contributed by atoms with van der Waals surface area (Å²) in [5.74, 6) is -0.0623. The van der Waals surface area contributed by atoms with Crippen LogP contribution in [0.15, 0.2) is 29.0 Å². The molecule has 0 saturated carbocycles. The lowest BCUT2D eigenvalue weighted by molar-refractivity contribution is 0.0980. The van der Waals surface area contributed by atoms with E-state index in [2.05, 4.69) is 38.0 Å². The van der Waals surface area contributed by atoms with E-state index in [1.807, 2.05) is 18.7 Å². The molecule has 0 N–H and O–H groups in total. The highest BCUT2D eigenvalue weighted by molar-refractivity contribution is 9.10. The molecule has 2 aromatic rings. The summed E-state index contributed by atoms with van der Waals surface area (Å²) in [6, 6.07) is 5.94. The SMILES string of the molecule is Cc1cc(C(=O)N2CCCc3ccc(C)c(Br)c32)ncn1. The van der Waals surface area contributed by atoms with Crippen LogP contribution in [0.2, 0.25) is 0 Å². The first-order valence-corrected chi connectivity index (χ1v) is 7.75. The van der Waals surface area contributed by atoms with Gasteiger partial charge in [0.2, 0.25) is 0 Å². The molecule has 21 heavy (non-hydrogen) atoms. The minimum atomic E-state index is -0.0623. The number of aromatic nitrogens is 2. The van der Waals surface area contributed by atoms with Gasteiger partial charge in [-0.2, -0.15) is 0 Å². The van der Waals surface area contributed by atoms with E-state index >= 15 is 0 Å². The summed E-state index contributed by atoms with van der Waals surface area (Å²) in [4.78, 5) is 22.8. The van der Waals surface area contributed by atoms with Crippen molar-refractivity contribution in [1.29, 1.82) is 0 Å². The molecule has 0 saturated heterocycles. The number of nitrogens with zero attached hydrogens (tertiary/aromatic N) is 3. The van der Waals surface area contributed by atoms with Gasteiger partial charge >= 0.3 is 0 Å². The summed E-state index contributed by atoms with van der Waals surface area (Å²) in [7, 11) is 0. The fourth-order valence-corrected chi connectivity index (χ4v) is 3.25. The third-order valence-electron chi connectivity index (χ3n) is 3.76. The first kappa shape index (κ1) is 14.2. The summed E-state index contributed by atoms with van der Waals surface area (Å²) in [6.07, 6.45) is 3.41. The van der Waals surface area contributed by atoms with Crippen LogP contribution in [0.25, 0.3) is 0 Å². The van der Waals surface area contributed by atoms with Crippen LogP contribution in [0, 0.1) is 13.8 Å². The zero-order valence-electron chi connectivity index (χ0n) is 12.1. The van der Waals surface area contributed by atoms with Gasteiger partial charge in [0.15, 0.2) is 0 Å². The lowest BCUT2D eigenvalue weighted by Crippen LogP contribution is -2.36. The number of fused-ring (bicyclic) bond motifs is 1. The van der Waals surface area contributed by atoms with Gasteiger partial charge < -0.3 is 4.90 Å². The smallest absolute Gasteiger partial charge is 0.277 e. The number of carbonyl (C=O) groups excluding carboxylic acids is 1. The molecule has 1 aliphatic heterocycles. The average Bonchev–Trinajstić information content (AvgIpc) is 2.50. The predicted molar refractivity (Wildman–Crippen MR) is 85.6 cm³/mol. The van der Waals surface area contributed by atoms with Crippen molar-refractivity contribution in [2.45, 2.75) is 26.7 Å². The second-order valence-electron chi connectivity index (χ2n) is 5.31. The largest absolute Gasteiger partial charge is 0.306 e. The summed E-state index contributed by atoms with van der Waals surface area (Å²) < 4.78 is 0.999. The monoisotopic (exact) mass is 345 g/mol. The van der Waals surface area contributed by atoms with Gasteiger partial charge in [0.25, 0.3) is 5.91 Å². The van der Waals surface area contributed by atoms with E-state index in [4.69, 9.17) is 0 Å². The highest BCUT2D eigenvalue weighted by Gasteiger charge is 2.27. The molecule has 5 heteroatoms. The maximum atomic E-state index is 12.8. The maximum Gasteiger partial charge on any atom is 0.277 e. The average molecular weight is 346 g/mol. The van der Waals surface area contributed by atoms with Crippen molar-refractivity contribution in [3.63, 3.8) is 0 Å². The molecule has 0 atom stereocenters. The number of halogens is 1. The van der Waals surface area contributed by atoms with Crippen LogP contribution < -0.4 is 4.90 Å². The molecule has 0 spiro atoms. The Labute approximate surface area is 132 Å². The Morgan fingerprint density at radius 3 is 2.86 bits per heavy atom. The molecular formula is C16H16BrN3O. The van der Waals surface area contributed by atoms with E-state index < -0.39 is 0 Å². The molecule has 1 aliphatic rings. The van der Waals surface area contributed by atoms with E-state index in [0.29, 0.717) is 5.69 Å². The molecule has 0 aliphatic carbocycles. The highest BCUT2D eigenvalue weighted by atomic mass is 79.9. The van der Waals surface area contributed by atoms with Crippen LogP contribution in [-0.4, -0.2) is 22.4 Å². The number of rotatable bonds is 1. The Morgan fingerprint density at radius 1 is 1.29 bits per heavy atom. The van der Waals surface area contributed by atoms with Gasteiger partial charge in [0.1, 0.15) is 12.0 Å². The Kier molecular flexibility index (Phi) is 3.76. The molecule has 1 amide bonds. The summed E-state index contributed by atoms with van der Waals surface area (Å²) in [5, 5.41) is 0. The molecule has 0 bridgehead atoms. The third-order valence-corrected chi connectivity index (χ3v) is 4.76. The van der Waals surface area contributed by atoms with E-state index in [0.717, 1.165) is 40.8 Å². The van der Waals surface area contributed by atoms with Gasteiger partial charge in [-0.05, 0) is 59.8 Å². The first-order valence-electron chi connectivity index (χ1n) is 6.96. The summed E-state index contributed by atoms with van der Waals surface area (Å²) >= 11 is 3.64. The van der Waals surface area contributed by atoms with Crippen LogP contribution >= 0.6 is 15.9 Å². The van der Waals surface area contributed by atoms with Gasteiger partial charge in [0, 0.05) is 16.7 Å². The van der Waals surface area contributed by atoms with E-state index in [1.165, 1.54) is 11.9 Å². The van der Waals surface area contributed by atoms with Gasteiger partial charge in [-0.25, -0.2) is 9.97 Å². The Morgan fingerprint density at radius 2 is 2.10 bits per heavy atom. The summed E-state index contributed by atoms with van der Waals surface area (Å²) in [5.41, 5.74) is 4.57. The number of anilines is 1. The van der Waals surface area contributed by atoms with E-state index in [1.54, 1.807) is 6.07 Å². The van der Waals surface area contributed by atoms with Crippen LogP contribution in [-0.2, 0) is 6.42 Å². The Balaban J connectivity index is 2.06. The van der Waals surface area contributed by atoms with Crippen molar-refractivity contribution < 1.29 is 4.79 Å². The second-order valence-corrected chi connectivity index (χ2v) is 6.10. The first-order chi connectivity index (χ1) is 10.1. The van der Waals surface area contributed by atoms with E-state index in [-0.39, 0.29) is 5.91 Å². The normalized spacial score (nSPS) is 14.0. The maximum absolute atomic E-state index is 12.8. The van der Waals surface area contributed by atoms with Crippen molar-refractivity contribution in [3.05, 3.63) is 51.5 Å². The molecule has 0 unspecified atom stereocenters. The quantitative estimate of drug-likeness (QED) is 0.795. The van der Waals surface area contributed by atoms with Crippen LogP contribution in [0.3, 0.4) is 0 Å². The zero-order chi connectivity index (χ0) is 15.0. The van der Waals surface area contributed by atoms with Gasteiger partial charge in [0.05, 0.1) is 5.69 Å². The fraction of sp³-hybridized carbons (Fsp3) is 0.312. The van der Waals surface area contributed by atoms with Crippen molar-refractivity contribution in [2.24, 2.45) is 0 Å².